The number of rotatable bonds is 2. The summed E-state index contributed by atoms with van der Waals surface area (Å²) in [5.41, 5.74) is 0.391. The van der Waals surface area contributed by atoms with Crippen molar-refractivity contribution < 1.29 is 9.47 Å². The molecule has 0 aromatic carbocycles. The SMILES string of the molecule is CNC1(C)CCN(C2CCOC3(CCOC3)C2)CC1. The highest BCUT2D eigenvalue weighted by Gasteiger charge is 2.43. The monoisotopic (exact) mass is 268 g/mol. The topological polar surface area (TPSA) is 33.7 Å². The lowest BCUT2D eigenvalue weighted by atomic mass is 9.85. The van der Waals surface area contributed by atoms with E-state index >= 15 is 0 Å². The average Bonchev–Trinajstić information content (AvgIpc) is 2.88. The number of piperidine rings is 1. The molecule has 2 atom stereocenters. The normalized spacial score (nSPS) is 39.8. The van der Waals surface area contributed by atoms with E-state index in [0.717, 1.165) is 26.2 Å². The summed E-state index contributed by atoms with van der Waals surface area (Å²) in [6, 6.07) is 0.705. The number of nitrogens with zero attached hydrogens (tertiary/aromatic N) is 1. The van der Waals surface area contributed by atoms with E-state index in [9.17, 15) is 0 Å². The third kappa shape index (κ3) is 2.82. The van der Waals surface area contributed by atoms with Gasteiger partial charge in [0.15, 0.2) is 0 Å². The second-order valence-electron chi connectivity index (χ2n) is 6.83. The van der Waals surface area contributed by atoms with Gasteiger partial charge in [-0.1, -0.05) is 0 Å². The Morgan fingerprint density at radius 2 is 1.95 bits per heavy atom. The zero-order valence-corrected chi connectivity index (χ0v) is 12.4. The Balaban J connectivity index is 1.58. The van der Waals surface area contributed by atoms with Crippen LogP contribution in [0, 0.1) is 0 Å². The van der Waals surface area contributed by atoms with E-state index in [1.807, 2.05) is 0 Å². The maximum Gasteiger partial charge on any atom is 0.0951 e. The first-order chi connectivity index (χ1) is 9.15. The maximum absolute atomic E-state index is 6.05. The molecule has 0 bridgehead atoms. The fraction of sp³-hybridized carbons (Fsp3) is 1.00. The first-order valence-corrected chi connectivity index (χ1v) is 7.80. The van der Waals surface area contributed by atoms with Crippen molar-refractivity contribution in [3.05, 3.63) is 0 Å². The second kappa shape index (κ2) is 5.32. The molecule has 4 heteroatoms. The predicted molar refractivity (Wildman–Crippen MR) is 75.4 cm³/mol. The lowest BCUT2D eigenvalue weighted by Crippen LogP contribution is -2.55. The molecule has 110 valence electrons. The van der Waals surface area contributed by atoms with Crippen molar-refractivity contribution in [1.29, 1.82) is 0 Å². The Hall–Kier alpha value is -0.160. The predicted octanol–water partition coefficient (Wildman–Crippen LogP) is 1.40. The van der Waals surface area contributed by atoms with Gasteiger partial charge in [0.1, 0.15) is 0 Å². The van der Waals surface area contributed by atoms with Gasteiger partial charge in [-0.05, 0) is 39.7 Å². The van der Waals surface area contributed by atoms with Crippen LogP contribution in [0.1, 0.15) is 39.0 Å². The number of hydrogen-bond acceptors (Lipinski definition) is 4. The van der Waals surface area contributed by atoms with Gasteiger partial charge in [0.05, 0.1) is 12.2 Å². The van der Waals surface area contributed by atoms with Crippen molar-refractivity contribution in [2.24, 2.45) is 0 Å². The highest BCUT2D eigenvalue weighted by Crippen LogP contribution is 2.36. The maximum atomic E-state index is 6.05. The molecule has 2 unspecified atom stereocenters. The van der Waals surface area contributed by atoms with E-state index in [1.54, 1.807) is 0 Å². The Kier molecular flexibility index (Phi) is 3.87. The highest BCUT2D eigenvalue weighted by molar-refractivity contribution is 4.96. The number of hydrogen-bond donors (Lipinski definition) is 1. The zero-order chi connectivity index (χ0) is 13.3. The first kappa shape index (κ1) is 13.8. The average molecular weight is 268 g/mol. The molecule has 3 heterocycles. The molecule has 3 rings (SSSR count). The van der Waals surface area contributed by atoms with Crippen LogP contribution in [0.5, 0.6) is 0 Å². The molecule has 3 saturated heterocycles. The van der Waals surface area contributed by atoms with Gasteiger partial charge in [-0.15, -0.1) is 0 Å². The summed E-state index contributed by atoms with van der Waals surface area (Å²) in [6.07, 6.45) is 5.96. The van der Waals surface area contributed by atoms with E-state index in [-0.39, 0.29) is 5.60 Å². The van der Waals surface area contributed by atoms with Crippen LogP contribution in [0.3, 0.4) is 0 Å². The molecule has 4 nitrogen and oxygen atoms in total. The van der Waals surface area contributed by atoms with E-state index in [4.69, 9.17) is 9.47 Å². The molecule has 3 fully saturated rings. The van der Waals surface area contributed by atoms with E-state index < -0.39 is 0 Å². The van der Waals surface area contributed by atoms with Crippen LogP contribution in [-0.4, -0.2) is 62.0 Å². The molecular formula is C15H28N2O2. The van der Waals surface area contributed by atoms with Gasteiger partial charge < -0.3 is 19.7 Å². The standard InChI is InChI=1S/C15H28N2O2/c1-14(16-2)4-7-17(8-5-14)13-3-9-19-15(11-13)6-10-18-12-15/h13,16H,3-12H2,1-2H3. The molecule has 19 heavy (non-hydrogen) atoms. The van der Waals surface area contributed by atoms with Gasteiger partial charge in [0, 0.05) is 44.3 Å². The Morgan fingerprint density at radius 3 is 2.58 bits per heavy atom. The summed E-state index contributed by atoms with van der Waals surface area (Å²) < 4.78 is 11.6. The van der Waals surface area contributed by atoms with Crippen LogP contribution in [0.2, 0.25) is 0 Å². The molecule has 0 amide bonds. The van der Waals surface area contributed by atoms with E-state index in [1.165, 1.54) is 38.8 Å². The van der Waals surface area contributed by atoms with E-state index in [2.05, 4.69) is 24.2 Å². The van der Waals surface area contributed by atoms with Crippen LogP contribution >= 0.6 is 0 Å². The van der Waals surface area contributed by atoms with Gasteiger partial charge >= 0.3 is 0 Å². The van der Waals surface area contributed by atoms with Crippen LogP contribution in [0.15, 0.2) is 0 Å². The van der Waals surface area contributed by atoms with Crippen LogP contribution in [-0.2, 0) is 9.47 Å². The quantitative estimate of drug-likeness (QED) is 0.821. The fourth-order valence-electron chi connectivity index (χ4n) is 3.81. The molecule has 0 aromatic heterocycles. The summed E-state index contributed by atoms with van der Waals surface area (Å²) in [5, 5.41) is 3.48. The molecule has 0 radical (unpaired) electrons. The van der Waals surface area contributed by atoms with E-state index in [0.29, 0.717) is 11.6 Å². The second-order valence-corrected chi connectivity index (χ2v) is 6.83. The Morgan fingerprint density at radius 1 is 1.16 bits per heavy atom. The number of nitrogens with one attached hydrogen (secondary N) is 1. The minimum Gasteiger partial charge on any atom is -0.378 e. The van der Waals surface area contributed by atoms with Gasteiger partial charge in [-0.2, -0.15) is 0 Å². The largest absolute Gasteiger partial charge is 0.378 e. The van der Waals surface area contributed by atoms with Crippen molar-refractivity contribution in [2.75, 3.05) is 40.0 Å². The summed E-state index contributed by atoms with van der Waals surface area (Å²) in [6.45, 7) is 7.39. The Labute approximate surface area is 116 Å². The summed E-state index contributed by atoms with van der Waals surface area (Å²) in [5.74, 6) is 0. The van der Waals surface area contributed by atoms with Crippen LogP contribution in [0.4, 0.5) is 0 Å². The molecule has 0 aromatic rings. The minimum atomic E-state index is 0.0483. The van der Waals surface area contributed by atoms with Gasteiger partial charge in [-0.3, -0.25) is 0 Å². The van der Waals surface area contributed by atoms with Crippen LogP contribution in [0.25, 0.3) is 0 Å². The number of ether oxygens (including phenoxy) is 2. The molecule has 3 aliphatic rings. The van der Waals surface area contributed by atoms with Gasteiger partial charge in [0.2, 0.25) is 0 Å². The van der Waals surface area contributed by atoms with Gasteiger partial charge in [-0.25, -0.2) is 0 Å². The van der Waals surface area contributed by atoms with Crippen molar-refractivity contribution in [1.82, 2.24) is 10.2 Å². The third-order valence-corrected chi connectivity index (χ3v) is 5.56. The summed E-state index contributed by atoms with van der Waals surface area (Å²) in [7, 11) is 2.09. The minimum absolute atomic E-state index is 0.0483. The Bertz CT molecular complexity index is 307. The lowest BCUT2D eigenvalue weighted by Gasteiger charge is -2.47. The molecule has 0 saturated carbocycles. The van der Waals surface area contributed by atoms with Crippen molar-refractivity contribution in [3.8, 4) is 0 Å². The van der Waals surface area contributed by atoms with Crippen molar-refractivity contribution >= 4 is 0 Å². The molecule has 1 N–H and O–H groups in total. The summed E-state index contributed by atoms with van der Waals surface area (Å²) in [4.78, 5) is 2.70. The van der Waals surface area contributed by atoms with Gasteiger partial charge in [0.25, 0.3) is 0 Å². The smallest absolute Gasteiger partial charge is 0.0951 e. The molecule has 0 aliphatic carbocycles. The highest BCUT2D eigenvalue weighted by atomic mass is 16.6. The van der Waals surface area contributed by atoms with Crippen molar-refractivity contribution in [2.45, 2.75) is 56.2 Å². The number of likely N-dealkylation sites (tertiary alicyclic amines) is 1. The zero-order valence-electron chi connectivity index (χ0n) is 12.4. The third-order valence-electron chi connectivity index (χ3n) is 5.56. The van der Waals surface area contributed by atoms with Crippen molar-refractivity contribution in [3.63, 3.8) is 0 Å². The fourth-order valence-corrected chi connectivity index (χ4v) is 3.81. The molecule has 1 spiro atoms. The lowest BCUT2D eigenvalue weighted by molar-refractivity contribution is -0.109. The first-order valence-electron chi connectivity index (χ1n) is 7.80. The summed E-state index contributed by atoms with van der Waals surface area (Å²) >= 11 is 0. The van der Waals surface area contributed by atoms with Crippen LogP contribution < -0.4 is 5.32 Å². The molecular weight excluding hydrogens is 240 g/mol. The molecule has 3 aliphatic heterocycles.